The first-order valence-electron chi connectivity index (χ1n) is 7.54. The number of rotatable bonds is 5. The van der Waals surface area contributed by atoms with E-state index in [0.717, 1.165) is 11.2 Å². The normalized spacial score (nSPS) is 19.0. The van der Waals surface area contributed by atoms with Gasteiger partial charge in [0.15, 0.2) is 0 Å². The molecule has 22 heavy (non-hydrogen) atoms. The van der Waals surface area contributed by atoms with Crippen LogP contribution in [0.2, 0.25) is 0 Å². The molecule has 0 unspecified atom stereocenters. The molecule has 1 aliphatic rings. The maximum atomic E-state index is 10.8. The van der Waals surface area contributed by atoms with Crippen LogP contribution < -0.4 is 15.5 Å². The molecule has 1 amide bonds. The van der Waals surface area contributed by atoms with Crippen LogP contribution in [0.15, 0.2) is 24.3 Å². The van der Waals surface area contributed by atoms with E-state index in [0.29, 0.717) is 13.2 Å². The summed E-state index contributed by atoms with van der Waals surface area (Å²) in [7, 11) is -0.363. The second-order valence-corrected chi connectivity index (χ2v) is 6.49. The molecular formula is C16H24BNO4. The van der Waals surface area contributed by atoms with Crippen molar-refractivity contribution in [1.29, 1.82) is 0 Å². The summed E-state index contributed by atoms with van der Waals surface area (Å²) in [6, 6.07) is 7.65. The van der Waals surface area contributed by atoms with E-state index >= 15 is 0 Å². The van der Waals surface area contributed by atoms with Gasteiger partial charge in [0.1, 0.15) is 12.4 Å². The fourth-order valence-corrected chi connectivity index (χ4v) is 2.10. The summed E-state index contributed by atoms with van der Waals surface area (Å²) in [6.07, 6.45) is 0. The van der Waals surface area contributed by atoms with Crippen molar-refractivity contribution in [1.82, 2.24) is 5.32 Å². The van der Waals surface area contributed by atoms with Crippen molar-refractivity contribution in [2.24, 2.45) is 0 Å². The van der Waals surface area contributed by atoms with Gasteiger partial charge < -0.3 is 19.4 Å². The standard InChI is InChI=1S/C16H24BNO4/c1-12(19)18-10-11-20-14-8-6-13(7-9-14)17-21-15(2,3)16(4,5)22-17/h6-9H,10-11H2,1-5H3,(H,18,19). The zero-order chi connectivity index (χ0) is 16.4. The third-order valence-electron chi connectivity index (χ3n) is 4.15. The lowest BCUT2D eigenvalue weighted by Crippen LogP contribution is -2.41. The van der Waals surface area contributed by atoms with Crippen molar-refractivity contribution in [3.63, 3.8) is 0 Å². The van der Waals surface area contributed by atoms with Crippen molar-refractivity contribution in [3.05, 3.63) is 24.3 Å². The summed E-state index contributed by atoms with van der Waals surface area (Å²) in [4.78, 5) is 10.8. The van der Waals surface area contributed by atoms with Crippen molar-refractivity contribution < 1.29 is 18.8 Å². The first-order valence-corrected chi connectivity index (χ1v) is 7.54. The highest BCUT2D eigenvalue weighted by Crippen LogP contribution is 2.36. The lowest BCUT2D eigenvalue weighted by molar-refractivity contribution is -0.119. The lowest BCUT2D eigenvalue weighted by atomic mass is 9.79. The Morgan fingerprint density at radius 1 is 1.14 bits per heavy atom. The molecule has 0 radical (unpaired) electrons. The molecule has 0 aliphatic carbocycles. The number of amides is 1. The van der Waals surface area contributed by atoms with Gasteiger partial charge in [-0.3, -0.25) is 4.79 Å². The largest absolute Gasteiger partial charge is 0.494 e. The highest BCUT2D eigenvalue weighted by molar-refractivity contribution is 6.62. The summed E-state index contributed by atoms with van der Waals surface area (Å²) >= 11 is 0. The Morgan fingerprint density at radius 3 is 2.18 bits per heavy atom. The van der Waals surface area contributed by atoms with E-state index in [1.165, 1.54) is 6.92 Å². The fourth-order valence-electron chi connectivity index (χ4n) is 2.10. The van der Waals surface area contributed by atoms with Crippen LogP contribution in [0.1, 0.15) is 34.6 Å². The Morgan fingerprint density at radius 2 is 1.68 bits per heavy atom. The lowest BCUT2D eigenvalue weighted by Gasteiger charge is -2.32. The van der Waals surface area contributed by atoms with E-state index in [1.54, 1.807) is 0 Å². The van der Waals surface area contributed by atoms with Crippen LogP contribution >= 0.6 is 0 Å². The minimum Gasteiger partial charge on any atom is -0.492 e. The van der Waals surface area contributed by atoms with Crippen LogP contribution in [-0.4, -0.2) is 37.4 Å². The van der Waals surface area contributed by atoms with E-state index in [9.17, 15) is 4.79 Å². The van der Waals surface area contributed by atoms with Gasteiger partial charge in [0.25, 0.3) is 0 Å². The predicted octanol–water partition coefficient (Wildman–Crippen LogP) is 1.50. The van der Waals surface area contributed by atoms with E-state index in [-0.39, 0.29) is 24.2 Å². The van der Waals surface area contributed by atoms with Gasteiger partial charge in [0.2, 0.25) is 5.91 Å². The number of carbonyl (C=O) groups is 1. The van der Waals surface area contributed by atoms with Gasteiger partial charge in [-0.25, -0.2) is 0 Å². The Labute approximate surface area is 132 Å². The molecule has 0 aromatic heterocycles. The first-order chi connectivity index (χ1) is 10.2. The zero-order valence-corrected chi connectivity index (χ0v) is 13.9. The summed E-state index contributed by atoms with van der Waals surface area (Å²) < 4.78 is 17.6. The molecule has 2 rings (SSSR count). The van der Waals surface area contributed by atoms with Crippen molar-refractivity contribution in [2.75, 3.05) is 13.2 Å². The summed E-state index contributed by atoms with van der Waals surface area (Å²) in [5, 5.41) is 2.69. The average molecular weight is 305 g/mol. The molecule has 1 N–H and O–H groups in total. The van der Waals surface area contributed by atoms with Gasteiger partial charge in [-0.15, -0.1) is 0 Å². The van der Waals surface area contributed by atoms with Crippen LogP contribution in [0.25, 0.3) is 0 Å². The second kappa shape index (κ2) is 6.30. The third kappa shape index (κ3) is 3.81. The molecule has 1 fully saturated rings. The van der Waals surface area contributed by atoms with Crippen molar-refractivity contribution in [2.45, 2.75) is 45.8 Å². The molecule has 1 heterocycles. The monoisotopic (exact) mass is 305 g/mol. The van der Waals surface area contributed by atoms with E-state index in [2.05, 4.69) is 5.32 Å². The number of carbonyl (C=O) groups excluding carboxylic acids is 1. The summed E-state index contributed by atoms with van der Waals surface area (Å²) in [5.74, 6) is 0.699. The number of benzene rings is 1. The highest BCUT2D eigenvalue weighted by Gasteiger charge is 2.51. The molecule has 120 valence electrons. The van der Waals surface area contributed by atoms with Gasteiger partial charge in [0, 0.05) is 6.92 Å². The Balaban J connectivity index is 1.91. The molecule has 5 nitrogen and oxygen atoms in total. The molecule has 6 heteroatoms. The average Bonchev–Trinajstić information content (AvgIpc) is 2.64. The molecule has 0 bridgehead atoms. The van der Waals surface area contributed by atoms with Crippen LogP contribution in [-0.2, 0) is 14.1 Å². The number of hydrogen-bond donors (Lipinski definition) is 1. The van der Waals surface area contributed by atoms with Gasteiger partial charge in [0.05, 0.1) is 17.7 Å². The molecule has 0 atom stereocenters. The molecule has 0 spiro atoms. The SMILES string of the molecule is CC(=O)NCCOc1ccc(B2OC(C)(C)C(C)(C)O2)cc1. The Bertz CT molecular complexity index is 511. The number of nitrogens with one attached hydrogen (secondary N) is 1. The number of hydrogen-bond acceptors (Lipinski definition) is 4. The predicted molar refractivity (Wildman–Crippen MR) is 86.3 cm³/mol. The van der Waals surface area contributed by atoms with Crippen LogP contribution in [0.4, 0.5) is 0 Å². The summed E-state index contributed by atoms with van der Waals surface area (Å²) in [5.41, 5.74) is 0.281. The molecule has 1 aromatic rings. The minimum atomic E-state index is -0.363. The van der Waals surface area contributed by atoms with Gasteiger partial charge in [-0.05, 0) is 45.3 Å². The molecule has 1 aromatic carbocycles. The van der Waals surface area contributed by atoms with E-state index in [4.69, 9.17) is 14.0 Å². The third-order valence-corrected chi connectivity index (χ3v) is 4.15. The molecular weight excluding hydrogens is 281 g/mol. The van der Waals surface area contributed by atoms with Crippen LogP contribution in [0, 0.1) is 0 Å². The van der Waals surface area contributed by atoms with Gasteiger partial charge >= 0.3 is 7.12 Å². The Kier molecular flexibility index (Phi) is 4.82. The second-order valence-electron chi connectivity index (χ2n) is 6.49. The molecule has 0 saturated carbocycles. The fraction of sp³-hybridized carbons (Fsp3) is 0.562. The Hall–Kier alpha value is -1.53. The van der Waals surface area contributed by atoms with Crippen molar-refractivity contribution >= 4 is 18.5 Å². The van der Waals surface area contributed by atoms with E-state index < -0.39 is 0 Å². The topological polar surface area (TPSA) is 56.8 Å². The van der Waals surface area contributed by atoms with Crippen LogP contribution in [0.5, 0.6) is 5.75 Å². The zero-order valence-electron chi connectivity index (χ0n) is 13.9. The first kappa shape index (κ1) is 16.8. The van der Waals surface area contributed by atoms with E-state index in [1.807, 2.05) is 52.0 Å². The van der Waals surface area contributed by atoms with Gasteiger partial charge in [-0.2, -0.15) is 0 Å². The highest BCUT2D eigenvalue weighted by atomic mass is 16.7. The maximum Gasteiger partial charge on any atom is 0.494 e. The number of ether oxygens (including phenoxy) is 1. The molecule has 1 aliphatic heterocycles. The van der Waals surface area contributed by atoms with Crippen molar-refractivity contribution in [3.8, 4) is 5.75 Å². The van der Waals surface area contributed by atoms with Gasteiger partial charge in [-0.1, -0.05) is 12.1 Å². The smallest absolute Gasteiger partial charge is 0.492 e. The minimum absolute atomic E-state index is 0.0558. The summed E-state index contributed by atoms with van der Waals surface area (Å²) in [6.45, 7) is 10.6. The molecule has 1 saturated heterocycles. The van der Waals surface area contributed by atoms with Crippen LogP contribution in [0.3, 0.4) is 0 Å². The quantitative estimate of drug-likeness (QED) is 0.661. The maximum absolute atomic E-state index is 10.8.